The molecule has 0 saturated carbocycles. The molecule has 1 atom stereocenters. The van der Waals surface area contributed by atoms with Crippen LogP contribution in [0.4, 0.5) is 5.00 Å². The molecule has 0 radical (unpaired) electrons. The summed E-state index contributed by atoms with van der Waals surface area (Å²) in [5, 5.41) is 4.37. The molecule has 0 unspecified atom stereocenters. The number of benzene rings is 1. The number of hydrogen-bond donors (Lipinski definition) is 2. The van der Waals surface area contributed by atoms with Crippen LogP contribution in [0.15, 0.2) is 40.6 Å². The van der Waals surface area contributed by atoms with Crippen molar-refractivity contribution in [2.24, 2.45) is 5.73 Å². The molecule has 0 spiro atoms. The van der Waals surface area contributed by atoms with Gasteiger partial charge in [-0.3, -0.25) is 13.8 Å². The molecule has 0 aliphatic rings. The number of primary amides is 1. The summed E-state index contributed by atoms with van der Waals surface area (Å²) >= 11 is 1.13. The summed E-state index contributed by atoms with van der Waals surface area (Å²) in [6.07, 6.45) is 0. The van der Waals surface area contributed by atoms with E-state index in [2.05, 4.69) is 5.32 Å². The van der Waals surface area contributed by atoms with Crippen molar-refractivity contribution in [1.29, 1.82) is 0 Å². The Kier molecular flexibility index (Phi) is 6.43. The number of amides is 2. The van der Waals surface area contributed by atoms with Crippen LogP contribution in [-0.2, 0) is 20.3 Å². The Bertz CT molecular complexity index is 831. The number of anilines is 1. The summed E-state index contributed by atoms with van der Waals surface area (Å²) < 4.78 is 16.9. The normalized spacial score (nSPS) is 11.6. The predicted octanol–water partition coefficient (Wildman–Crippen LogP) is 1.77. The molecule has 0 saturated heterocycles. The number of nitrogens with two attached hydrogens (primary N) is 1. The van der Waals surface area contributed by atoms with E-state index < -0.39 is 35.2 Å². The third kappa shape index (κ3) is 4.74. The van der Waals surface area contributed by atoms with Gasteiger partial charge in [-0.05, 0) is 23.6 Å². The fourth-order valence-electron chi connectivity index (χ4n) is 1.96. The first-order valence-electron chi connectivity index (χ1n) is 7.25. The predicted molar refractivity (Wildman–Crippen MR) is 95.1 cm³/mol. The molecule has 2 amide bonds. The fourth-order valence-corrected chi connectivity index (χ4v) is 3.71. The van der Waals surface area contributed by atoms with Crippen LogP contribution in [0.2, 0.25) is 0 Å². The van der Waals surface area contributed by atoms with Crippen molar-refractivity contribution in [1.82, 2.24) is 0 Å². The third-order valence-electron chi connectivity index (χ3n) is 3.13. The van der Waals surface area contributed by atoms with Crippen molar-refractivity contribution in [2.75, 3.05) is 17.7 Å². The molecule has 2 rings (SSSR count). The van der Waals surface area contributed by atoms with E-state index in [0.29, 0.717) is 15.6 Å². The zero-order valence-electron chi connectivity index (χ0n) is 13.3. The van der Waals surface area contributed by atoms with Crippen molar-refractivity contribution in [2.45, 2.75) is 11.8 Å². The lowest BCUT2D eigenvalue weighted by molar-refractivity contribution is -0.119. The van der Waals surface area contributed by atoms with Gasteiger partial charge in [-0.2, -0.15) is 0 Å². The number of ether oxygens (including phenoxy) is 1. The number of thiophene rings is 1. The molecule has 132 valence electrons. The highest BCUT2D eigenvalue weighted by Crippen LogP contribution is 2.22. The van der Waals surface area contributed by atoms with Crippen molar-refractivity contribution < 1.29 is 23.3 Å². The van der Waals surface area contributed by atoms with Crippen molar-refractivity contribution >= 4 is 44.9 Å². The number of carbonyl (C=O) groups excluding carboxylic acids is 3. The number of esters is 1. The molecule has 7 nitrogen and oxygen atoms in total. The zero-order chi connectivity index (χ0) is 18.4. The summed E-state index contributed by atoms with van der Waals surface area (Å²) in [6, 6.07) is 7.87. The van der Waals surface area contributed by atoms with Gasteiger partial charge in [0, 0.05) is 5.75 Å². The van der Waals surface area contributed by atoms with E-state index in [1.54, 1.807) is 30.5 Å². The van der Waals surface area contributed by atoms with E-state index in [0.717, 1.165) is 11.3 Å². The number of carbonyl (C=O) groups is 3. The van der Waals surface area contributed by atoms with Gasteiger partial charge >= 0.3 is 5.97 Å². The van der Waals surface area contributed by atoms with E-state index in [9.17, 15) is 18.6 Å². The monoisotopic (exact) mass is 380 g/mol. The van der Waals surface area contributed by atoms with Crippen LogP contribution in [0.25, 0.3) is 0 Å². The Balaban J connectivity index is 2.01. The third-order valence-corrected chi connectivity index (χ3v) is 5.33. The Morgan fingerprint density at radius 1 is 1.20 bits per heavy atom. The van der Waals surface area contributed by atoms with E-state index >= 15 is 0 Å². The van der Waals surface area contributed by atoms with Gasteiger partial charge in [0.1, 0.15) is 5.00 Å². The second-order valence-electron chi connectivity index (χ2n) is 4.78. The highest BCUT2D eigenvalue weighted by molar-refractivity contribution is 7.85. The van der Waals surface area contributed by atoms with E-state index in [1.165, 1.54) is 12.1 Å². The van der Waals surface area contributed by atoms with Crippen LogP contribution >= 0.6 is 11.3 Å². The SMILES string of the molecule is CC[S@@](=O)c1ccccc1C(=O)OCC(=O)Nc1sccc1C(N)=O. The lowest BCUT2D eigenvalue weighted by atomic mass is 10.2. The quantitative estimate of drug-likeness (QED) is 0.710. The first kappa shape index (κ1) is 18.8. The first-order valence-corrected chi connectivity index (χ1v) is 9.45. The average molecular weight is 380 g/mol. The molecule has 2 aromatic rings. The summed E-state index contributed by atoms with van der Waals surface area (Å²) in [5.74, 6) is -1.65. The summed E-state index contributed by atoms with van der Waals surface area (Å²) in [6.45, 7) is 1.20. The molecule has 0 bridgehead atoms. The van der Waals surface area contributed by atoms with Gasteiger partial charge in [-0.25, -0.2) is 4.79 Å². The molecule has 1 aromatic carbocycles. The minimum absolute atomic E-state index is 0.157. The molecule has 0 fully saturated rings. The van der Waals surface area contributed by atoms with Gasteiger partial charge in [0.25, 0.3) is 11.8 Å². The Labute approximate surface area is 150 Å². The van der Waals surface area contributed by atoms with Crippen LogP contribution in [0, 0.1) is 0 Å². The highest BCUT2D eigenvalue weighted by Gasteiger charge is 2.18. The van der Waals surface area contributed by atoms with Gasteiger partial charge in [0.2, 0.25) is 0 Å². The minimum Gasteiger partial charge on any atom is -0.452 e. The van der Waals surface area contributed by atoms with Crippen LogP contribution in [0.1, 0.15) is 27.6 Å². The van der Waals surface area contributed by atoms with E-state index in [1.807, 2.05) is 0 Å². The Morgan fingerprint density at radius 3 is 2.60 bits per heavy atom. The van der Waals surface area contributed by atoms with Crippen molar-refractivity contribution in [3.8, 4) is 0 Å². The number of nitrogens with one attached hydrogen (secondary N) is 1. The van der Waals surface area contributed by atoms with Crippen LogP contribution in [0.3, 0.4) is 0 Å². The molecule has 3 N–H and O–H groups in total. The second kappa shape index (κ2) is 8.54. The smallest absolute Gasteiger partial charge is 0.339 e. The Hall–Kier alpha value is -2.52. The van der Waals surface area contributed by atoms with Gasteiger partial charge < -0.3 is 15.8 Å². The van der Waals surface area contributed by atoms with Gasteiger partial charge in [0.05, 0.1) is 26.8 Å². The summed E-state index contributed by atoms with van der Waals surface area (Å²) in [5.41, 5.74) is 5.54. The standard InChI is InChI=1S/C16H16N2O5S2/c1-2-25(22)12-6-4-3-5-10(12)16(21)23-9-13(19)18-15-11(14(17)20)7-8-24-15/h3-8H,2,9H2,1H3,(H2,17,20)(H,18,19)/t25-/m1/s1. The van der Waals surface area contributed by atoms with Crippen LogP contribution < -0.4 is 11.1 Å². The summed E-state index contributed by atoms with van der Waals surface area (Å²) in [7, 11) is -1.32. The largest absolute Gasteiger partial charge is 0.452 e. The van der Waals surface area contributed by atoms with E-state index in [-0.39, 0.29) is 11.1 Å². The molecule has 9 heteroatoms. The van der Waals surface area contributed by atoms with Gasteiger partial charge in [-0.15, -0.1) is 11.3 Å². The molecule has 0 aliphatic heterocycles. The van der Waals surface area contributed by atoms with Crippen LogP contribution in [-0.4, -0.2) is 34.4 Å². The van der Waals surface area contributed by atoms with Crippen molar-refractivity contribution in [3.63, 3.8) is 0 Å². The molecular formula is C16H16N2O5S2. The van der Waals surface area contributed by atoms with Crippen molar-refractivity contribution in [3.05, 3.63) is 46.8 Å². The van der Waals surface area contributed by atoms with E-state index in [4.69, 9.17) is 10.5 Å². The molecule has 1 aromatic heterocycles. The van der Waals surface area contributed by atoms with Gasteiger partial charge in [-0.1, -0.05) is 19.1 Å². The van der Waals surface area contributed by atoms with Gasteiger partial charge in [0.15, 0.2) is 6.61 Å². The average Bonchev–Trinajstić information content (AvgIpc) is 3.07. The second-order valence-corrected chi connectivity index (χ2v) is 7.41. The zero-order valence-corrected chi connectivity index (χ0v) is 14.9. The Morgan fingerprint density at radius 2 is 1.92 bits per heavy atom. The maximum absolute atomic E-state index is 12.2. The highest BCUT2D eigenvalue weighted by atomic mass is 32.2. The molecule has 0 aliphatic carbocycles. The maximum atomic E-state index is 12.2. The number of rotatable bonds is 7. The molecular weight excluding hydrogens is 364 g/mol. The maximum Gasteiger partial charge on any atom is 0.339 e. The topological polar surface area (TPSA) is 116 Å². The minimum atomic E-state index is -1.32. The molecule has 25 heavy (non-hydrogen) atoms. The van der Waals surface area contributed by atoms with Crippen LogP contribution in [0.5, 0.6) is 0 Å². The first-order chi connectivity index (χ1) is 11.9. The molecule has 1 heterocycles. The number of hydrogen-bond acceptors (Lipinski definition) is 6. The lowest BCUT2D eigenvalue weighted by Crippen LogP contribution is -2.22. The summed E-state index contributed by atoms with van der Waals surface area (Å²) in [4.78, 5) is 35.6. The lowest BCUT2D eigenvalue weighted by Gasteiger charge is -2.09. The fraction of sp³-hybridized carbons (Fsp3) is 0.188.